The van der Waals surface area contributed by atoms with Crippen LogP contribution >= 0.6 is 0 Å². The highest BCUT2D eigenvalue weighted by Crippen LogP contribution is 2.38. The molecular formula is C20H28FN5O2. The molecular weight excluding hydrogens is 361 g/mol. The van der Waals surface area contributed by atoms with Gasteiger partial charge in [-0.15, -0.1) is 0 Å². The van der Waals surface area contributed by atoms with Crippen LogP contribution in [0.2, 0.25) is 0 Å². The molecule has 0 radical (unpaired) electrons. The summed E-state index contributed by atoms with van der Waals surface area (Å²) in [5, 5.41) is 3.42. The van der Waals surface area contributed by atoms with Gasteiger partial charge in [-0.25, -0.2) is 9.37 Å². The Morgan fingerprint density at radius 2 is 1.96 bits per heavy atom. The summed E-state index contributed by atoms with van der Waals surface area (Å²) in [6.07, 6.45) is 3.91. The molecule has 1 saturated carbocycles. The maximum Gasteiger partial charge on any atom is 0.134 e. The van der Waals surface area contributed by atoms with Gasteiger partial charge in [0.2, 0.25) is 0 Å². The summed E-state index contributed by atoms with van der Waals surface area (Å²) in [4.78, 5) is 16.0. The van der Waals surface area contributed by atoms with Crippen molar-refractivity contribution in [3.63, 3.8) is 0 Å². The average Bonchev–Trinajstić information content (AvgIpc) is 3.27. The smallest absolute Gasteiger partial charge is 0.134 e. The van der Waals surface area contributed by atoms with Crippen LogP contribution in [-0.2, 0) is 9.57 Å². The lowest BCUT2D eigenvalue weighted by Gasteiger charge is -2.46. The topological polar surface area (TPSA) is 74.4 Å². The van der Waals surface area contributed by atoms with E-state index < -0.39 is 6.17 Å². The Morgan fingerprint density at radius 1 is 1.18 bits per heavy atom. The van der Waals surface area contributed by atoms with Crippen molar-refractivity contribution in [2.75, 3.05) is 20.3 Å². The number of rotatable bonds is 4. The second kappa shape index (κ2) is 7.35. The van der Waals surface area contributed by atoms with E-state index in [2.05, 4.69) is 32.7 Å². The van der Waals surface area contributed by atoms with Gasteiger partial charge in [-0.3, -0.25) is 10.2 Å². The van der Waals surface area contributed by atoms with Gasteiger partial charge in [0.1, 0.15) is 24.0 Å². The minimum atomic E-state index is -0.399. The SMILES string of the molecule is Cc1nc2c(C3NOC(C4CC(N(C)C5CCOCC5)C4)N3)c(F)ccc2[nH]1. The molecule has 3 fully saturated rings. The third kappa shape index (κ3) is 3.23. The Labute approximate surface area is 163 Å². The van der Waals surface area contributed by atoms with Crippen molar-refractivity contribution in [2.24, 2.45) is 5.92 Å². The number of aromatic nitrogens is 2. The first kappa shape index (κ1) is 18.4. The maximum atomic E-state index is 14.6. The number of hydroxylamine groups is 1. The molecule has 0 amide bonds. The van der Waals surface area contributed by atoms with E-state index in [1.54, 1.807) is 6.07 Å². The second-order valence-corrected chi connectivity index (χ2v) is 8.33. The van der Waals surface area contributed by atoms with Crippen molar-refractivity contribution >= 4 is 11.0 Å². The Morgan fingerprint density at radius 3 is 2.75 bits per heavy atom. The van der Waals surface area contributed by atoms with Crippen LogP contribution in [0.1, 0.15) is 43.2 Å². The number of hydrogen-bond acceptors (Lipinski definition) is 6. The van der Waals surface area contributed by atoms with E-state index in [9.17, 15) is 4.39 Å². The summed E-state index contributed by atoms with van der Waals surface area (Å²) < 4.78 is 20.0. The van der Waals surface area contributed by atoms with Crippen LogP contribution in [0.3, 0.4) is 0 Å². The molecule has 3 heterocycles. The van der Waals surface area contributed by atoms with E-state index in [4.69, 9.17) is 9.57 Å². The number of benzene rings is 1. The quantitative estimate of drug-likeness (QED) is 0.746. The molecule has 3 aliphatic rings. The zero-order valence-electron chi connectivity index (χ0n) is 16.4. The summed E-state index contributed by atoms with van der Waals surface area (Å²) in [7, 11) is 2.23. The monoisotopic (exact) mass is 389 g/mol. The van der Waals surface area contributed by atoms with Crippen molar-refractivity contribution in [2.45, 2.75) is 57.1 Å². The zero-order chi connectivity index (χ0) is 19.3. The van der Waals surface area contributed by atoms with Gasteiger partial charge in [0, 0.05) is 36.8 Å². The van der Waals surface area contributed by atoms with E-state index in [0.717, 1.165) is 50.2 Å². The van der Waals surface area contributed by atoms with E-state index in [0.29, 0.717) is 29.1 Å². The summed E-state index contributed by atoms with van der Waals surface area (Å²) in [5.74, 6) is 0.919. The zero-order valence-corrected chi connectivity index (χ0v) is 16.4. The van der Waals surface area contributed by atoms with Crippen molar-refractivity contribution in [3.8, 4) is 0 Å². The molecule has 3 N–H and O–H groups in total. The first-order valence-electron chi connectivity index (χ1n) is 10.2. The van der Waals surface area contributed by atoms with Gasteiger partial charge < -0.3 is 14.6 Å². The standard InChI is InChI=1S/C20H28FN5O2/c1-11-22-16-4-3-15(21)17(18(16)23-11)19-24-20(28-25-19)12-9-14(10-12)26(2)13-5-7-27-8-6-13/h3-4,12-14,19-20,24-25H,5-10H2,1-2H3,(H,22,23). The first-order valence-corrected chi connectivity index (χ1v) is 10.2. The fraction of sp³-hybridized carbons (Fsp3) is 0.650. The Balaban J connectivity index is 1.22. The van der Waals surface area contributed by atoms with Gasteiger partial charge in [-0.2, -0.15) is 5.48 Å². The Bertz CT molecular complexity index is 846. The molecule has 7 nitrogen and oxygen atoms in total. The largest absolute Gasteiger partial charge is 0.381 e. The molecule has 28 heavy (non-hydrogen) atoms. The number of H-pyrrole nitrogens is 1. The van der Waals surface area contributed by atoms with Crippen LogP contribution < -0.4 is 10.8 Å². The van der Waals surface area contributed by atoms with Crippen LogP contribution in [0.4, 0.5) is 4.39 Å². The van der Waals surface area contributed by atoms with Crippen molar-refractivity contribution in [3.05, 3.63) is 29.3 Å². The lowest BCUT2D eigenvalue weighted by molar-refractivity contribution is -0.0694. The number of ether oxygens (including phenoxy) is 1. The number of nitrogens with zero attached hydrogens (tertiary/aromatic N) is 2. The van der Waals surface area contributed by atoms with Crippen LogP contribution in [0, 0.1) is 18.7 Å². The van der Waals surface area contributed by atoms with E-state index in [-0.39, 0.29) is 12.0 Å². The van der Waals surface area contributed by atoms with Gasteiger partial charge >= 0.3 is 0 Å². The third-order valence-corrected chi connectivity index (χ3v) is 6.61. The lowest BCUT2D eigenvalue weighted by atomic mass is 9.77. The number of fused-ring (bicyclic) bond motifs is 1. The highest BCUT2D eigenvalue weighted by molar-refractivity contribution is 5.79. The van der Waals surface area contributed by atoms with Crippen molar-refractivity contribution in [1.29, 1.82) is 0 Å². The first-order chi connectivity index (χ1) is 13.6. The predicted molar refractivity (Wildman–Crippen MR) is 103 cm³/mol. The summed E-state index contributed by atoms with van der Waals surface area (Å²) in [6.45, 7) is 3.61. The Kier molecular flexibility index (Phi) is 4.84. The summed E-state index contributed by atoms with van der Waals surface area (Å²) in [6, 6.07) is 4.42. The molecule has 0 bridgehead atoms. The number of halogens is 1. The van der Waals surface area contributed by atoms with Gasteiger partial charge in [0.25, 0.3) is 0 Å². The normalized spacial score (nSPS) is 31.6. The van der Waals surface area contributed by atoms with Crippen LogP contribution in [0.15, 0.2) is 12.1 Å². The van der Waals surface area contributed by atoms with E-state index in [1.165, 1.54) is 6.07 Å². The van der Waals surface area contributed by atoms with E-state index >= 15 is 0 Å². The number of aryl methyl sites for hydroxylation is 1. The number of hydrogen-bond donors (Lipinski definition) is 3. The molecule has 2 aliphatic heterocycles. The van der Waals surface area contributed by atoms with Gasteiger partial charge in [0.15, 0.2) is 0 Å². The van der Waals surface area contributed by atoms with Gasteiger partial charge in [-0.05, 0) is 51.8 Å². The van der Waals surface area contributed by atoms with Gasteiger partial charge in [-0.1, -0.05) is 0 Å². The minimum Gasteiger partial charge on any atom is -0.381 e. The van der Waals surface area contributed by atoms with Crippen molar-refractivity contribution < 1.29 is 14.0 Å². The molecule has 2 atom stereocenters. The molecule has 5 rings (SSSR count). The maximum absolute atomic E-state index is 14.6. The molecule has 0 spiro atoms. The second-order valence-electron chi connectivity index (χ2n) is 8.33. The molecule has 8 heteroatoms. The lowest BCUT2D eigenvalue weighted by Crippen LogP contribution is -2.53. The fourth-order valence-electron chi connectivity index (χ4n) is 4.82. The van der Waals surface area contributed by atoms with Crippen LogP contribution in [-0.4, -0.2) is 53.4 Å². The fourth-order valence-corrected chi connectivity index (χ4v) is 4.82. The molecule has 1 aromatic heterocycles. The third-order valence-electron chi connectivity index (χ3n) is 6.61. The van der Waals surface area contributed by atoms with Gasteiger partial charge in [0.05, 0.1) is 11.0 Å². The molecule has 1 aromatic carbocycles. The number of aromatic amines is 1. The Hall–Kier alpha value is -1.58. The number of nitrogens with one attached hydrogen (secondary N) is 3. The molecule has 2 unspecified atom stereocenters. The minimum absolute atomic E-state index is 0.112. The molecule has 1 aliphatic carbocycles. The van der Waals surface area contributed by atoms with Crippen LogP contribution in [0.25, 0.3) is 11.0 Å². The molecule has 2 saturated heterocycles. The number of imidazole rings is 1. The van der Waals surface area contributed by atoms with Crippen LogP contribution in [0.5, 0.6) is 0 Å². The van der Waals surface area contributed by atoms with Crippen molar-refractivity contribution in [1.82, 2.24) is 25.7 Å². The highest BCUT2D eigenvalue weighted by atomic mass is 19.1. The van der Waals surface area contributed by atoms with E-state index in [1.807, 2.05) is 6.92 Å². The summed E-state index contributed by atoms with van der Waals surface area (Å²) in [5.41, 5.74) is 4.99. The average molecular weight is 389 g/mol. The highest BCUT2D eigenvalue weighted by Gasteiger charge is 2.43. The molecule has 2 aromatic rings. The predicted octanol–water partition coefficient (Wildman–Crippen LogP) is 2.35. The summed E-state index contributed by atoms with van der Waals surface area (Å²) >= 11 is 0. The molecule has 152 valence electrons.